The Labute approximate surface area is 195 Å². The molecule has 5 rings (SSSR count). The Bertz CT molecular complexity index is 922. The van der Waals surface area contributed by atoms with Gasteiger partial charge in [-0.2, -0.15) is 14.4 Å². The van der Waals surface area contributed by atoms with Crippen LogP contribution in [0.5, 0.6) is 0 Å². The van der Waals surface area contributed by atoms with E-state index in [9.17, 15) is 5.11 Å². The van der Waals surface area contributed by atoms with Crippen LogP contribution in [0.15, 0.2) is 30.3 Å². The number of aliphatic hydroxyl groups is 1. The van der Waals surface area contributed by atoms with Crippen molar-refractivity contribution in [1.82, 2.24) is 14.9 Å². The van der Waals surface area contributed by atoms with Crippen LogP contribution in [-0.2, 0) is 0 Å². The van der Waals surface area contributed by atoms with Gasteiger partial charge in [-0.15, -0.1) is 0 Å². The van der Waals surface area contributed by atoms with Crippen molar-refractivity contribution < 1.29 is 9.50 Å². The smallest absolute Gasteiger partial charge is 0.229 e. The van der Waals surface area contributed by atoms with E-state index >= 15 is 4.39 Å². The van der Waals surface area contributed by atoms with E-state index in [1.54, 1.807) is 0 Å². The van der Waals surface area contributed by atoms with Gasteiger partial charge in [-0.25, -0.2) is 0 Å². The molecular formula is C24H34FN7O. The molecule has 0 unspecified atom stereocenters. The van der Waals surface area contributed by atoms with Crippen LogP contribution in [0.1, 0.15) is 12.8 Å². The highest BCUT2D eigenvalue weighted by Crippen LogP contribution is 2.31. The SMILES string of the molecule is CN1CCN(c2nc(N3CCC(O)CC3)nc(N3CCN(c4ccccc4)CC3)c2F)CC1. The molecule has 0 atom stereocenters. The van der Waals surface area contributed by atoms with Gasteiger partial charge in [-0.1, -0.05) is 18.2 Å². The summed E-state index contributed by atoms with van der Waals surface area (Å²) >= 11 is 0. The van der Waals surface area contributed by atoms with E-state index in [1.807, 2.05) is 6.07 Å². The van der Waals surface area contributed by atoms with E-state index in [0.717, 1.165) is 39.3 Å². The zero-order valence-electron chi connectivity index (χ0n) is 19.4. The maximum Gasteiger partial charge on any atom is 0.229 e. The maximum atomic E-state index is 15.9. The molecule has 0 radical (unpaired) electrons. The number of likely N-dealkylation sites (N-methyl/N-ethyl adjacent to an activating group) is 1. The van der Waals surface area contributed by atoms with E-state index in [4.69, 9.17) is 9.97 Å². The highest BCUT2D eigenvalue weighted by Gasteiger charge is 2.29. The molecule has 33 heavy (non-hydrogen) atoms. The highest BCUT2D eigenvalue weighted by molar-refractivity contribution is 5.59. The molecule has 0 saturated carbocycles. The van der Waals surface area contributed by atoms with Crippen molar-refractivity contribution in [1.29, 1.82) is 0 Å². The third-order valence-corrected chi connectivity index (χ3v) is 7.06. The lowest BCUT2D eigenvalue weighted by atomic mass is 10.1. The quantitative estimate of drug-likeness (QED) is 0.747. The van der Waals surface area contributed by atoms with Crippen LogP contribution in [0.4, 0.5) is 27.7 Å². The molecule has 9 heteroatoms. The van der Waals surface area contributed by atoms with Gasteiger partial charge in [-0.3, -0.25) is 0 Å². The zero-order chi connectivity index (χ0) is 22.8. The number of aromatic nitrogens is 2. The van der Waals surface area contributed by atoms with Crippen molar-refractivity contribution in [2.45, 2.75) is 18.9 Å². The first-order chi connectivity index (χ1) is 16.1. The summed E-state index contributed by atoms with van der Waals surface area (Å²) in [6, 6.07) is 10.4. The number of hydrogen-bond acceptors (Lipinski definition) is 8. The molecular weight excluding hydrogens is 421 g/mol. The van der Waals surface area contributed by atoms with E-state index < -0.39 is 0 Å². The lowest BCUT2D eigenvalue weighted by Crippen LogP contribution is -2.48. The second kappa shape index (κ2) is 9.69. The normalized spacial score (nSPS) is 21.1. The molecule has 3 saturated heterocycles. The maximum absolute atomic E-state index is 15.9. The van der Waals surface area contributed by atoms with Crippen molar-refractivity contribution in [3.05, 3.63) is 36.1 Å². The number of piperidine rings is 1. The molecule has 0 aliphatic carbocycles. The highest BCUT2D eigenvalue weighted by atomic mass is 19.1. The lowest BCUT2D eigenvalue weighted by Gasteiger charge is -2.39. The van der Waals surface area contributed by atoms with Crippen molar-refractivity contribution >= 4 is 23.3 Å². The van der Waals surface area contributed by atoms with Crippen LogP contribution in [0, 0.1) is 5.82 Å². The molecule has 1 N–H and O–H groups in total. The molecule has 1 aromatic carbocycles. The third kappa shape index (κ3) is 4.84. The van der Waals surface area contributed by atoms with Gasteiger partial charge in [-0.05, 0) is 32.0 Å². The summed E-state index contributed by atoms with van der Waals surface area (Å²) in [5, 5.41) is 9.93. The van der Waals surface area contributed by atoms with Crippen LogP contribution >= 0.6 is 0 Å². The van der Waals surface area contributed by atoms with Gasteiger partial charge in [0.2, 0.25) is 11.8 Å². The average molecular weight is 456 g/mol. The van der Waals surface area contributed by atoms with Crippen LogP contribution in [0.2, 0.25) is 0 Å². The number of rotatable bonds is 4. The molecule has 1 aromatic heterocycles. The first-order valence-corrected chi connectivity index (χ1v) is 12.1. The van der Waals surface area contributed by atoms with Gasteiger partial charge in [0, 0.05) is 71.1 Å². The number of benzene rings is 1. The van der Waals surface area contributed by atoms with Crippen molar-refractivity contribution in [2.75, 3.05) is 92.1 Å². The number of halogens is 1. The van der Waals surface area contributed by atoms with Gasteiger partial charge in [0.25, 0.3) is 0 Å². The molecule has 3 aliphatic rings. The molecule has 0 bridgehead atoms. The summed E-state index contributed by atoms with van der Waals surface area (Å²) in [4.78, 5) is 20.3. The summed E-state index contributed by atoms with van der Waals surface area (Å²) in [7, 11) is 2.09. The zero-order valence-corrected chi connectivity index (χ0v) is 19.4. The van der Waals surface area contributed by atoms with Gasteiger partial charge < -0.3 is 29.6 Å². The summed E-state index contributed by atoms with van der Waals surface area (Å²) in [6.07, 6.45) is 1.11. The van der Waals surface area contributed by atoms with E-state index in [-0.39, 0.29) is 11.9 Å². The van der Waals surface area contributed by atoms with E-state index in [1.165, 1.54) is 5.69 Å². The molecule has 2 aromatic rings. The van der Waals surface area contributed by atoms with Crippen molar-refractivity contribution in [3.8, 4) is 0 Å². The van der Waals surface area contributed by atoms with Crippen LogP contribution < -0.4 is 19.6 Å². The Morgan fingerprint density at radius 3 is 1.82 bits per heavy atom. The fraction of sp³-hybridized carbons (Fsp3) is 0.583. The Morgan fingerprint density at radius 1 is 0.727 bits per heavy atom. The summed E-state index contributed by atoms with van der Waals surface area (Å²) in [6.45, 7) is 7.73. The topological polar surface area (TPSA) is 62.2 Å². The fourth-order valence-electron chi connectivity index (χ4n) is 4.87. The Kier molecular flexibility index (Phi) is 6.50. The lowest BCUT2D eigenvalue weighted by molar-refractivity contribution is 0.145. The number of aliphatic hydroxyl groups excluding tert-OH is 1. The van der Waals surface area contributed by atoms with Crippen molar-refractivity contribution in [3.63, 3.8) is 0 Å². The first kappa shape index (κ1) is 22.2. The minimum absolute atomic E-state index is 0.274. The number of anilines is 4. The molecule has 8 nitrogen and oxygen atoms in total. The number of para-hydroxylation sites is 1. The summed E-state index contributed by atoms with van der Waals surface area (Å²) < 4.78 is 15.9. The van der Waals surface area contributed by atoms with Crippen molar-refractivity contribution in [2.24, 2.45) is 0 Å². The van der Waals surface area contributed by atoms with Crippen LogP contribution in [0.3, 0.4) is 0 Å². The molecule has 3 aliphatic heterocycles. The van der Waals surface area contributed by atoms with Gasteiger partial charge in [0.05, 0.1) is 6.10 Å². The molecule has 3 fully saturated rings. The van der Waals surface area contributed by atoms with E-state index in [2.05, 4.69) is 55.8 Å². The minimum atomic E-state index is -0.312. The second-order valence-corrected chi connectivity index (χ2v) is 9.30. The third-order valence-electron chi connectivity index (χ3n) is 7.06. The second-order valence-electron chi connectivity index (χ2n) is 9.30. The van der Waals surface area contributed by atoms with Crippen LogP contribution in [-0.4, -0.2) is 98.6 Å². The number of hydrogen-bond donors (Lipinski definition) is 1. The van der Waals surface area contributed by atoms with Gasteiger partial charge >= 0.3 is 0 Å². The summed E-state index contributed by atoms with van der Waals surface area (Å²) in [5.74, 6) is 1.10. The standard InChI is InChI=1S/C24H34FN7O/c1-28-11-13-30(14-12-28)22-21(25)23(27-24(26-22)32-9-7-20(33)8-10-32)31-17-15-29(16-18-31)19-5-3-2-4-6-19/h2-6,20,33H,7-18H2,1H3. The molecule has 4 heterocycles. The molecule has 178 valence electrons. The Morgan fingerprint density at radius 2 is 1.24 bits per heavy atom. The van der Waals surface area contributed by atoms with Crippen LogP contribution in [0.25, 0.3) is 0 Å². The number of nitrogens with zero attached hydrogens (tertiary/aromatic N) is 7. The van der Waals surface area contributed by atoms with E-state index in [0.29, 0.717) is 56.6 Å². The predicted molar refractivity (Wildman–Crippen MR) is 130 cm³/mol. The minimum Gasteiger partial charge on any atom is -0.393 e. The summed E-state index contributed by atoms with van der Waals surface area (Å²) in [5.41, 5.74) is 1.20. The largest absolute Gasteiger partial charge is 0.393 e. The molecule has 0 amide bonds. The fourth-order valence-corrected chi connectivity index (χ4v) is 4.87. The van der Waals surface area contributed by atoms with Gasteiger partial charge in [0.1, 0.15) is 0 Å². The predicted octanol–water partition coefficient (Wildman–Crippen LogP) is 1.66. The monoisotopic (exact) mass is 455 g/mol. The first-order valence-electron chi connectivity index (χ1n) is 12.1. The van der Waals surface area contributed by atoms with Gasteiger partial charge in [0.15, 0.2) is 11.6 Å². The Hall–Kier alpha value is -2.65. The Balaban J connectivity index is 1.41. The number of piperazine rings is 2. The molecule has 0 spiro atoms. The average Bonchev–Trinajstić information content (AvgIpc) is 2.86.